The second kappa shape index (κ2) is 11.0. The van der Waals surface area contributed by atoms with Crippen molar-refractivity contribution >= 4 is 0 Å². The Labute approximate surface area is 103 Å². The van der Waals surface area contributed by atoms with Gasteiger partial charge in [0.25, 0.3) is 0 Å². The van der Waals surface area contributed by atoms with E-state index in [2.05, 4.69) is 39.2 Å². The molecule has 0 N–H and O–H groups in total. The molecule has 0 heterocycles. The quantitative estimate of drug-likeness (QED) is 0.308. The minimum Gasteiger partial charge on any atom is -0.103 e. The molecule has 0 radical (unpaired) electrons. The van der Waals surface area contributed by atoms with E-state index in [4.69, 9.17) is 0 Å². The maximum Gasteiger partial charge on any atom is -0.0205 e. The summed E-state index contributed by atoms with van der Waals surface area (Å²) in [5.41, 5.74) is 0. The van der Waals surface area contributed by atoms with Crippen LogP contribution in [0.3, 0.4) is 0 Å². The summed E-state index contributed by atoms with van der Waals surface area (Å²) in [6, 6.07) is 0. The molecule has 0 heteroatoms. The normalized spacial score (nSPS) is 14.4. The number of allylic oxidation sites excluding steroid dienone is 2. The van der Waals surface area contributed by atoms with Crippen LogP contribution in [0.15, 0.2) is 25.3 Å². The topological polar surface area (TPSA) is 0 Å². The molecular weight excluding hydrogens is 192 g/mol. The van der Waals surface area contributed by atoms with Crippen molar-refractivity contribution in [1.29, 1.82) is 0 Å². The van der Waals surface area contributed by atoms with Crippen molar-refractivity contribution in [2.24, 2.45) is 11.8 Å². The summed E-state index contributed by atoms with van der Waals surface area (Å²) < 4.78 is 0. The lowest BCUT2D eigenvalue weighted by atomic mass is 9.82. The summed E-state index contributed by atoms with van der Waals surface area (Å²) in [7, 11) is 0. The van der Waals surface area contributed by atoms with Crippen LogP contribution < -0.4 is 0 Å². The Morgan fingerprint density at radius 2 is 1.62 bits per heavy atom. The van der Waals surface area contributed by atoms with E-state index in [1.54, 1.807) is 0 Å². The van der Waals surface area contributed by atoms with Gasteiger partial charge >= 0.3 is 0 Å². The highest BCUT2D eigenvalue weighted by molar-refractivity contribution is 4.88. The second-order valence-corrected chi connectivity index (χ2v) is 4.82. The van der Waals surface area contributed by atoms with Crippen LogP contribution >= 0.6 is 0 Å². The SMILES string of the molecule is C=CCC(CCCC)C(C=C)CCCCC. The highest BCUT2D eigenvalue weighted by Crippen LogP contribution is 2.28. The van der Waals surface area contributed by atoms with Crippen LogP contribution in [-0.4, -0.2) is 0 Å². The third-order valence-electron chi connectivity index (χ3n) is 3.45. The van der Waals surface area contributed by atoms with Gasteiger partial charge < -0.3 is 0 Å². The number of hydrogen-bond donors (Lipinski definition) is 0. The molecule has 0 amide bonds. The fraction of sp³-hybridized carbons (Fsp3) is 0.750. The van der Waals surface area contributed by atoms with Crippen molar-refractivity contribution in [1.82, 2.24) is 0 Å². The summed E-state index contributed by atoms with van der Waals surface area (Å²) in [6.45, 7) is 12.4. The van der Waals surface area contributed by atoms with Crippen molar-refractivity contribution in [3.8, 4) is 0 Å². The number of rotatable bonds is 11. The van der Waals surface area contributed by atoms with Crippen LogP contribution in [-0.2, 0) is 0 Å². The Morgan fingerprint density at radius 3 is 2.12 bits per heavy atom. The van der Waals surface area contributed by atoms with Gasteiger partial charge in [0, 0.05) is 0 Å². The van der Waals surface area contributed by atoms with Gasteiger partial charge in [-0.25, -0.2) is 0 Å². The van der Waals surface area contributed by atoms with Crippen molar-refractivity contribution in [3.05, 3.63) is 25.3 Å². The zero-order chi connectivity index (χ0) is 12.2. The summed E-state index contributed by atoms with van der Waals surface area (Å²) in [6.07, 6.45) is 14.7. The summed E-state index contributed by atoms with van der Waals surface area (Å²) in [5, 5.41) is 0. The lowest BCUT2D eigenvalue weighted by Gasteiger charge is -2.23. The molecule has 0 saturated heterocycles. The molecule has 0 aliphatic carbocycles. The molecule has 16 heavy (non-hydrogen) atoms. The van der Waals surface area contributed by atoms with E-state index in [0.717, 1.165) is 12.3 Å². The van der Waals surface area contributed by atoms with Gasteiger partial charge in [0.1, 0.15) is 0 Å². The molecule has 94 valence electrons. The van der Waals surface area contributed by atoms with Crippen LogP contribution in [0.4, 0.5) is 0 Å². The zero-order valence-electron chi connectivity index (χ0n) is 11.4. The average Bonchev–Trinajstić information content (AvgIpc) is 2.31. The Kier molecular flexibility index (Phi) is 10.6. The van der Waals surface area contributed by atoms with E-state index in [1.807, 2.05) is 0 Å². The van der Waals surface area contributed by atoms with Crippen molar-refractivity contribution in [2.75, 3.05) is 0 Å². The highest BCUT2D eigenvalue weighted by Gasteiger charge is 2.16. The molecule has 0 aliphatic rings. The predicted octanol–water partition coefficient (Wildman–Crippen LogP) is 5.75. The first-order valence-corrected chi connectivity index (χ1v) is 7.03. The Balaban J connectivity index is 4.09. The first-order chi connectivity index (χ1) is 7.79. The van der Waals surface area contributed by atoms with Gasteiger partial charge in [-0.15, -0.1) is 13.2 Å². The molecule has 0 aliphatic heterocycles. The van der Waals surface area contributed by atoms with Crippen LogP contribution in [0.2, 0.25) is 0 Å². The minimum absolute atomic E-state index is 0.705. The molecule has 0 aromatic heterocycles. The van der Waals surface area contributed by atoms with Crippen molar-refractivity contribution in [3.63, 3.8) is 0 Å². The molecule has 0 bridgehead atoms. The maximum absolute atomic E-state index is 4.02. The fourth-order valence-corrected chi connectivity index (χ4v) is 2.36. The van der Waals surface area contributed by atoms with Gasteiger partial charge in [-0.3, -0.25) is 0 Å². The molecular formula is C16H30. The summed E-state index contributed by atoms with van der Waals surface area (Å²) in [5.74, 6) is 1.49. The minimum atomic E-state index is 0.705. The van der Waals surface area contributed by atoms with Gasteiger partial charge in [-0.05, 0) is 31.1 Å². The zero-order valence-corrected chi connectivity index (χ0v) is 11.4. The third-order valence-corrected chi connectivity index (χ3v) is 3.45. The molecule has 2 atom stereocenters. The molecule has 2 unspecified atom stereocenters. The van der Waals surface area contributed by atoms with Gasteiger partial charge in [-0.2, -0.15) is 0 Å². The van der Waals surface area contributed by atoms with Crippen molar-refractivity contribution in [2.45, 2.75) is 65.2 Å². The van der Waals surface area contributed by atoms with Crippen LogP contribution in [0.1, 0.15) is 65.2 Å². The average molecular weight is 222 g/mol. The first kappa shape index (κ1) is 15.5. The smallest absolute Gasteiger partial charge is 0.0205 e. The second-order valence-electron chi connectivity index (χ2n) is 4.82. The molecule has 0 fully saturated rings. The van der Waals surface area contributed by atoms with E-state index >= 15 is 0 Å². The number of unbranched alkanes of at least 4 members (excludes halogenated alkanes) is 3. The van der Waals surface area contributed by atoms with E-state index in [9.17, 15) is 0 Å². The lowest BCUT2D eigenvalue weighted by Crippen LogP contribution is -2.12. The monoisotopic (exact) mass is 222 g/mol. The Bertz CT molecular complexity index is 169. The molecule has 0 spiro atoms. The van der Waals surface area contributed by atoms with Crippen LogP contribution in [0.5, 0.6) is 0 Å². The van der Waals surface area contributed by atoms with Gasteiger partial charge in [0.15, 0.2) is 0 Å². The van der Waals surface area contributed by atoms with E-state index in [-0.39, 0.29) is 0 Å². The summed E-state index contributed by atoms with van der Waals surface area (Å²) >= 11 is 0. The number of hydrogen-bond acceptors (Lipinski definition) is 0. The fourth-order valence-electron chi connectivity index (χ4n) is 2.36. The van der Waals surface area contributed by atoms with Crippen LogP contribution in [0.25, 0.3) is 0 Å². The van der Waals surface area contributed by atoms with E-state index in [1.165, 1.54) is 44.9 Å². The van der Waals surface area contributed by atoms with Crippen molar-refractivity contribution < 1.29 is 0 Å². The maximum atomic E-state index is 4.02. The highest BCUT2D eigenvalue weighted by atomic mass is 14.2. The Morgan fingerprint density at radius 1 is 0.938 bits per heavy atom. The lowest BCUT2D eigenvalue weighted by molar-refractivity contribution is 0.336. The third kappa shape index (κ3) is 6.87. The van der Waals surface area contributed by atoms with Gasteiger partial charge in [0.05, 0.1) is 0 Å². The molecule has 0 aromatic carbocycles. The van der Waals surface area contributed by atoms with Gasteiger partial charge in [0.2, 0.25) is 0 Å². The predicted molar refractivity (Wildman–Crippen MR) is 75.7 cm³/mol. The molecule has 0 saturated carbocycles. The van der Waals surface area contributed by atoms with Gasteiger partial charge in [-0.1, -0.05) is 58.1 Å². The first-order valence-electron chi connectivity index (χ1n) is 7.03. The van der Waals surface area contributed by atoms with Crippen LogP contribution in [0, 0.1) is 11.8 Å². The molecule has 0 aromatic rings. The standard InChI is InChI=1S/C16H30/c1-5-9-11-14-15(8-4)16(12-7-3)13-10-6-2/h7-8,15-16H,3-6,9-14H2,1-2H3. The summed E-state index contributed by atoms with van der Waals surface area (Å²) in [4.78, 5) is 0. The molecule has 0 rings (SSSR count). The largest absolute Gasteiger partial charge is 0.103 e. The Hall–Kier alpha value is -0.520. The molecule has 0 nitrogen and oxygen atoms in total. The van der Waals surface area contributed by atoms with E-state index in [0.29, 0.717) is 5.92 Å². The van der Waals surface area contributed by atoms with E-state index < -0.39 is 0 Å².